The molecular formula is C15H15N3O. The number of hydrogen-bond acceptors (Lipinski definition) is 2. The van der Waals surface area contributed by atoms with Crippen LogP contribution >= 0.6 is 0 Å². The maximum atomic E-state index is 11.2. The summed E-state index contributed by atoms with van der Waals surface area (Å²) in [7, 11) is 0. The van der Waals surface area contributed by atoms with Crippen molar-refractivity contribution in [3.63, 3.8) is 0 Å². The molecule has 0 spiro atoms. The highest BCUT2D eigenvalue weighted by Gasteiger charge is 2.02. The Bertz CT molecular complexity index is 770. The second-order valence-electron chi connectivity index (χ2n) is 4.66. The molecule has 0 aliphatic rings. The maximum absolute atomic E-state index is 11.2. The van der Waals surface area contributed by atoms with Gasteiger partial charge in [0.15, 0.2) is 0 Å². The van der Waals surface area contributed by atoms with Crippen LogP contribution in [-0.4, -0.2) is 9.97 Å². The predicted molar refractivity (Wildman–Crippen MR) is 76.1 cm³/mol. The molecule has 0 fully saturated rings. The molecule has 0 saturated heterocycles. The van der Waals surface area contributed by atoms with Crippen molar-refractivity contribution in [2.75, 3.05) is 0 Å². The fraction of sp³-hybridized carbons (Fsp3) is 0.133. The van der Waals surface area contributed by atoms with Crippen LogP contribution in [0.2, 0.25) is 0 Å². The van der Waals surface area contributed by atoms with Gasteiger partial charge in [-0.25, -0.2) is 4.79 Å². The predicted octanol–water partition coefficient (Wildman–Crippen LogP) is 1.91. The fourth-order valence-corrected chi connectivity index (χ4v) is 2.29. The molecule has 19 heavy (non-hydrogen) atoms. The summed E-state index contributed by atoms with van der Waals surface area (Å²) in [6.07, 6.45) is 0.830. The third-order valence-corrected chi connectivity index (χ3v) is 3.22. The van der Waals surface area contributed by atoms with Gasteiger partial charge in [-0.2, -0.15) is 0 Å². The minimum atomic E-state index is -0.169. The van der Waals surface area contributed by atoms with Crippen molar-refractivity contribution in [2.24, 2.45) is 5.73 Å². The third-order valence-electron chi connectivity index (χ3n) is 3.22. The Balaban J connectivity index is 1.93. The second-order valence-corrected chi connectivity index (χ2v) is 4.66. The van der Waals surface area contributed by atoms with Crippen LogP contribution in [0.15, 0.2) is 47.3 Å². The Hall–Kier alpha value is -2.33. The Morgan fingerprint density at radius 3 is 2.47 bits per heavy atom. The molecule has 0 atom stereocenters. The van der Waals surface area contributed by atoms with E-state index in [1.165, 1.54) is 5.56 Å². The molecule has 0 radical (unpaired) electrons. The molecule has 3 aromatic rings. The lowest BCUT2D eigenvalue weighted by Gasteiger charge is -2.04. The normalized spacial score (nSPS) is 11.0. The van der Waals surface area contributed by atoms with Gasteiger partial charge in [-0.3, -0.25) is 0 Å². The summed E-state index contributed by atoms with van der Waals surface area (Å²) in [6, 6.07) is 14.2. The van der Waals surface area contributed by atoms with E-state index in [-0.39, 0.29) is 5.69 Å². The van der Waals surface area contributed by atoms with Crippen LogP contribution in [-0.2, 0) is 13.0 Å². The maximum Gasteiger partial charge on any atom is 0.323 e. The zero-order valence-electron chi connectivity index (χ0n) is 10.4. The molecule has 0 unspecified atom stereocenters. The van der Waals surface area contributed by atoms with E-state index in [9.17, 15) is 4.79 Å². The highest BCUT2D eigenvalue weighted by Crippen LogP contribution is 2.15. The van der Waals surface area contributed by atoms with Gasteiger partial charge in [0.2, 0.25) is 0 Å². The van der Waals surface area contributed by atoms with Crippen molar-refractivity contribution in [2.45, 2.75) is 13.0 Å². The molecule has 3 rings (SSSR count). The molecule has 0 saturated carbocycles. The van der Waals surface area contributed by atoms with Crippen LogP contribution in [0.5, 0.6) is 0 Å². The van der Waals surface area contributed by atoms with Gasteiger partial charge in [-0.1, -0.05) is 30.3 Å². The Morgan fingerprint density at radius 2 is 1.63 bits per heavy atom. The second kappa shape index (κ2) is 4.74. The van der Waals surface area contributed by atoms with Gasteiger partial charge in [0.1, 0.15) is 0 Å². The Labute approximate surface area is 110 Å². The number of fused-ring (bicyclic) bond motifs is 1. The van der Waals surface area contributed by atoms with Crippen molar-refractivity contribution < 1.29 is 0 Å². The monoisotopic (exact) mass is 253 g/mol. The number of imidazole rings is 1. The summed E-state index contributed by atoms with van der Waals surface area (Å²) in [5.41, 5.74) is 10.7. The van der Waals surface area contributed by atoms with E-state index in [1.54, 1.807) is 0 Å². The smallest absolute Gasteiger partial charge is 0.323 e. The van der Waals surface area contributed by atoms with E-state index in [0.29, 0.717) is 6.54 Å². The molecule has 1 heterocycles. The molecule has 0 aliphatic heterocycles. The van der Waals surface area contributed by atoms with Gasteiger partial charge < -0.3 is 15.7 Å². The van der Waals surface area contributed by atoms with E-state index in [0.717, 1.165) is 28.6 Å². The lowest BCUT2D eigenvalue weighted by Crippen LogP contribution is -1.99. The number of aromatic nitrogens is 2. The zero-order chi connectivity index (χ0) is 13.2. The molecule has 0 bridgehead atoms. The van der Waals surface area contributed by atoms with Crippen LogP contribution in [0, 0.1) is 0 Å². The summed E-state index contributed by atoms with van der Waals surface area (Å²) in [5, 5.41) is 0. The third kappa shape index (κ3) is 2.44. The van der Waals surface area contributed by atoms with Gasteiger partial charge >= 0.3 is 5.69 Å². The van der Waals surface area contributed by atoms with Gasteiger partial charge in [0, 0.05) is 6.54 Å². The van der Waals surface area contributed by atoms with E-state index >= 15 is 0 Å². The van der Waals surface area contributed by atoms with Crippen molar-refractivity contribution in [1.82, 2.24) is 9.97 Å². The number of aromatic amines is 2. The SMILES string of the molecule is NCc1cccc(Cc2ccc3[nH]c(=O)[nH]c3c2)c1. The summed E-state index contributed by atoms with van der Waals surface area (Å²) in [5.74, 6) is 0. The Kier molecular flexibility index (Phi) is 2.93. The van der Waals surface area contributed by atoms with Crippen LogP contribution in [0.3, 0.4) is 0 Å². The first kappa shape index (κ1) is 11.7. The average Bonchev–Trinajstić information content (AvgIpc) is 2.78. The lowest BCUT2D eigenvalue weighted by molar-refractivity contribution is 1.06. The number of nitrogens with two attached hydrogens (primary N) is 1. The van der Waals surface area contributed by atoms with Crippen molar-refractivity contribution in [3.8, 4) is 0 Å². The minimum absolute atomic E-state index is 0.169. The first-order chi connectivity index (χ1) is 9.24. The minimum Gasteiger partial charge on any atom is -0.326 e. The number of nitrogens with one attached hydrogen (secondary N) is 2. The molecule has 0 amide bonds. The highest BCUT2D eigenvalue weighted by atomic mass is 16.1. The lowest BCUT2D eigenvalue weighted by atomic mass is 10.0. The van der Waals surface area contributed by atoms with Gasteiger partial charge in [0.05, 0.1) is 11.0 Å². The molecule has 0 aliphatic carbocycles. The summed E-state index contributed by atoms with van der Waals surface area (Å²) < 4.78 is 0. The molecule has 1 aromatic heterocycles. The van der Waals surface area contributed by atoms with Crippen LogP contribution in [0.25, 0.3) is 11.0 Å². The topological polar surface area (TPSA) is 74.7 Å². The Morgan fingerprint density at radius 1 is 0.895 bits per heavy atom. The summed E-state index contributed by atoms with van der Waals surface area (Å²) >= 11 is 0. The van der Waals surface area contributed by atoms with E-state index in [1.807, 2.05) is 30.3 Å². The van der Waals surface area contributed by atoms with Crippen molar-refractivity contribution in [1.29, 1.82) is 0 Å². The highest BCUT2D eigenvalue weighted by molar-refractivity contribution is 5.75. The molecule has 4 heteroatoms. The van der Waals surface area contributed by atoms with Crippen LogP contribution in [0.4, 0.5) is 0 Å². The zero-order valence-corrected chi connectivity index (χ0v) is 10.4. The van der Waals surface area contributed by atoms with Crippen LogP contribution < -0.4 is 11.4 Å². The molecular weight excluding hydrogens is 238 g/mol. The molecule has 96 valence electrons. The number of benzene rings is 2. The fourth-order valence-electron chi connectivity index (χ4n) is 2.29. The van der Waals surface area contributed by atoms with E-state index in [2.05, 4.69) is 22.1 Å². The molecule has 4 N–H and O–H groups in total. The van der Waals surface area contributed by atoms with Crippen LogP contribution in [0.1, 0.15) is 16.7 Å². The molecule has 4 nitrogen and oxygen atoms in total. The van der Waals surface area contributed by atoms with E-state index in [4.69, 9.17) is 5.73 Å². The number of hydrogen-bond donors (Lipinski definition) is 3. The first-order valence-electron chi connectivity index (χ1n) is 6.23. The quantitative estimate of drug-likeness (QED) is 0.667. The average molecular weight is 253 g/mol. The largest absolute Gasteiger partial charge is 0.326 e. The standard InChI is InChI=1S/C15H15N3O/c16-9-12-3-1-2-10(7-12)6-11-4-5-13-14(8-11)18-15(19)17-13/h1-5,7-8H,6,9,16H2,(H2,17,18,19). The number of H-pyrrole nitrogens is 2. The van der Waals surface area contributed by atoms with Crippen molar-refractivity contribution in [3.05, 3.63) is 69.6 Å². The summed E-state index contributed by atoms with van der Waals surface area (Å²) in [6.45, 7) is 0.554. The van der Waals surface area contributed by atoms with Gasteiger partial charge in [-0.15, -0.1) is 0 Å². The first-order valence-corrected chi connectivity index (χ1v) is 6.23. The van der Waals surface area contributed by atoms with Gasteiger partial charge in [-0.05, 0) is 35.2 Å². The van der Waals surface area contributed by atoms with Crippen molar-refractivity contribution >= 4 is 11.0 Å². The van der Waals surface area contributed by atoms with Gasteiger partial charge in [0.25, 0.3) is 0 Å². The summed E-state index contributed by atoms with van der Waals surface area (Å²) in [4.78, 5) is 16.7. The van der Waals surface area contributed by atoms with E-state index < -0.39 is 0 Å². The molecule has 2 aromatic carbocycles. The number of rotatable bonds is 3.